The zero-order valence-electron chi connectivity index (χ0n) is 27.5. The lowest BCUT2D eigenvalue weighted by atomic mass is 9.85. The van der Waals surface area contributed by atoms with Crippen molar-refractivity contribution in [1.29, 1.82) is 0 Å². The molecular weight excluding hydrogens is 601 g/mol. The van der Waals surface area contributed by atoms with Crippen molar-refractivity contribution in [3.8, 4) is 44.5 Å². The van der Waals surface area contributed by atoms with Crippen molar-refractivity contribution in [2.24, 2.45) is 0 Å². The predicted molar refractivity (Wildman–Crippen MR) is 216 cm³/mol. The first-order valence-corrected chi connectivity index (χ1v) is 17.3. The minimum Gasteiger partial charge on any atom is -0.0622 e. The second kappa shape index (κ2) is 11.6. The van der Waals surface area contributed by atoms with E-state index in [1.54, 1.807) is 0 Å². The van der Waals surface area contributed by atoms with Gasteiger partial charge in [-0.1, -0.05) is 176 Å². The Hall–Kier alpha value is -6.50. The Kier molecular flexibility index (Phi) is 6.60. The van der Waals surface area contributed by atoms with Crippen molar-refractivity contribution in [2.45, 2.75) is 0 Å². The van der Waals surface area contributed by atoms with Crippen LogP contribution in [0.3, 0.4) is 0 Å². The first-order valence-electron chi connectivity index (χ1n) is 17.3. The quantitative estimate of drug-likeness (QED) is 0.134. The lowest BCUT2D eigenvalue weighted by Crippen LogP contribution is -1.91. The minimum atomic E-state index is 1.23. The van der Waals surface area contributed by atoms with Gasteiger partial charge in [-0.2, -0.15) is 0 Å². The second-order valence-electron chi connectivity index (χ2n) is 13.3. The van der Waals surface area contributed by atoms with Gasteiger partial charge in [-0.3, -0.25) is 0 Å². The van der Waals surface area contributed by atoms with Crippen LogP contribution in [0.15, 0.2) is 194 Å². The zero-order valence-corrected chi connectivity index (χ0v) is 27.5. The molecule has 0 aliphatic carbocycles. The van der Waals surface area contributed by atoms with Gasteiger partial charge in [0.15, 0.2) is 0 Å². The Morgan fingerprint density at radius 3 is 1.14 bits per heavy atom. The summed E-state index contributed by atoms with van der Waals surface area (Å²) in [4.78, 5) is 0. The molecule has 10 aromatic rings. The van der Waals surface area contributed by atoms with Gasteiger partial charge in [-0.15, -0.1) is 0 Å². The molecule has 0 aromatic heterocycles. The summed E-state index contributed by atoms with van der Waals surface area (Å²) in [5.41, 5.74) is 9.99. The van der Waals surface area contributed by atoms with Crippen molar-refractivity contribution in [1.82, 2.24) is 0 Å². The highest BCUT2D eigenvalue weighted by molar-refractivity contribution is 6.22. The fourth-order valence-electron chi connectivity index (χ4n) is 7.97. The average molecular weight is 633 g/mol. The summed E-state index contributed by atoms with van der Waals surface area (Å²) in [5, 5.41) is 12.7. The summed E-state index contributed by atoms with van der Waals surface area (Å²) >= 11 is 0. The van der Waals surface area contributed by atoms with Crippen LogP contribution < -0.4 is 0 Å². The van der Waals surface area contributed by atoms with E-state index in [-0.39, 0.29) is 0 Å². The highest BCUT2D eigenvalue weighted by Gasteiger charge is 2.17. The van der Waals surface area contributed by atoms with Crippen molar-refractivity contribution >= 4 is 53.9 Å². The van der Waals surface area contributed by atoms with Crippen LogP contribution >= 0.6 is 0 Å². The average Bonchev–Trinajstić information content (AvgIpc) is 3.19. The second-order valence-corrected chi connectivity index (χ2v) is 13.3. The van der Waals surface area contributed by atoms with E-state index in [2.05, 4.69) is 194 Å². The lowest BCUT2D eigenvalue weighted by molar-refractivity contribution is 1.60. The summed E-state index contributed by atoms with van der Waals surface area (Å²) in [6, 6.07) is 71.3. The summed E-state index contributed by atoms with van der Waals surface area (Å²) in [7, 11) is 0. The van der Waals surface area contributed by atoms with Gasteiger partial charge in [0, 0.05) is 0 Å². The predicted octanol–water partition coefficient (Wildman–Crippen LogP) is 14.1. The third-order valence-corrected chi connectivity index (χ3v) is 10.4. The van der Waals surface area contributed by atoms with Gasteiger partial charge < -0.3 is 0 Å². The highest BCUT2D eigenvalue weighted by Crippen LogP contribution is 2.45. The molecule has 0 heterocycles. The van der Waals surface area contributed by atoms with Crippen molar-refractivity contribution in [3.05, 3.63) is 194 Å². The molecule has 0 aliphatic rings. The van der Waals surface area contributed by atoms with Crippen molar-refractivity contribution in [3.63, 3.8) is 0 Å². The van der Waals surface area contributed by atoms with Gasteiger partial charge in [-0.25, -0.2) is 0 Å². The van der Waals surface area contributed by atoms with E-state index in [0.717, 1.165) is 0 Å². The Labute approximate surface area is 291 Å². The van der Waals surface area contributed by atoms with Crippen LogP contribution in [0.25, 0.3) is 98.4 Å². The van der Waals surface area contributed by atoms with Crippen LogP contribution in [-0.2, 0) is 0 Å². The van der Waals surface area contributed by atoms with Crippen molar-refractivity contribution < 1.29 is 0 Å². The third kappa shape index (κ3) is 4.69. The molecule has 232 valence electrons. The number of fused-ring (bicyclic) bond motifs is 6. The maximum absolute atomic E-state index is 2.40. The minimum absolute atomic E-state index is 1.23. The van der Waals surface area contributed by atoms with Crippen LogP contribution in [0.5, 0.6) is 0 Å². The summed E-state index contributed by atoms with van der Waals surface area (Å²) in [5.74, 6) is 0. The van der Waals surface area contributed by atoms with Crippen LogP contribution in [0.4, 0.5) is 0 Å². The molecule has 0 atom stereocenters. The molecule has 0 N–H and O–H groups in total. The van der Waals surface area contributed by atoms with Crippen LogP contribution in [0.1, 0.15) is 0 Å². The molecule has 50 heavy (non-hydrogen) atoms. The molecule has 0 saturated carbocycles. The van der Waals surface area contributed by atoms with E-state index in [4.69, 9.17) is 0 Å². The molecule has 0 bridgehead atoms. The molecule has 10 aromatic carbocycles. The van der Waals surface area contributed by atoms with Gasteiger partial charge in [0.2, 0.25) is 0 Å². The molecule has 0 unspecified atom stereocenters. The molecule has 0 amide bonds. The monoisotopic (exact) mass is 632 g/mol. The SMILES string of the molecule is c1ccc(-c2ccc(-c3ccc4cc(-c5c6ccccc6c(-c6ccc7ccc8ccccc8c7c6)c6ccccc56)ccc4c3)cc2)cc1. The number of benzene rings is 10. The molecule has 10 rings (SSSR count). The molecule has 0 spiro atoms. The molecule has 0 heteroatoms. The molecule has 0 saturated heterocycles. The molecule has 0 aliphatic heterocycles. The van der Waals surface area contributed by atoms with Gasteiger partial charge in [0.1, 0.15) is 0 Å². The number of hydrogen-bond donors (Lipinski definition) is 0. The topological polar surface area (TPSA) is 0 Å². The normalized spacial score (nSPS) is 11.6. The van der Waals surface area contributed by atoms with Crippen LogP contribution in [0.2, 0.25) is 0 Å². The van der Waals surface area contributed by atoms with E-state index in [1.807, 2.05) is 0 Å². The fourth-order valence-corrected chi connectivity index (χ4v) is 7.97. The Morgan fingerprint density at radius 1 is 0.180 bits per heavy atom. The van der Waals surface area contributed by atoms with E-state index >= 15 is 0 Å². The summed E-state index contributed by atoms with van der Waals surface area (Å²) in [6.07, 6.45) is 0. The number of hydrogen-bond acceptors (Lipinski definition) is 0. The van der Waals surface area contributed by atoms with E-state index in [9.17, 15) is 0 Å². The van der Waals surface area contributed by atoms with Gasteiger partial charge in [-0.05, 0) is 117 Å². The molecule has 0 fully saturated rings. The molecule has 0 radical (unpaired) electrons. The maximum atomic E-state index is 2.40. The molecular formula is C50H32. The Bertz CT molecular complexity index is 2840. The molecule has 0 nitrogen and oxygen atoms in total. The lowest BCUT2D eigenvalue weighted by Gasteiger charge is -2.18. The Balaban J connectivity index is 1.11. The van der Waals surface area contributed by atoms with E-state index in [0.29, 0.717) is 0 Å². The zero-order chi connectivity index (χ0) is 33.0. The van der Waals surface area contributed by atoms with Gasteiger partial charge >= 0.3 is 0 Å². The van der Waals surface area contributed by atoms with Gasteiger partial charge in [0.05, 0.1) is 0 Å². The van der Waals surface area contributed by atoms with Gasteiger partial charge in [0.25, 0.3) is 0 Å². The first-order chi connectivity index (χ1) is 24.8. The smallest absolute Gasteiger partial charge is 0.00261 e. The Morgan fingerprint density at radius 2 is 0.540 bits per heavy atom. The van der Waals surface area contributed by atoms with Crippen LogP contribution in [0, 0.1) is 0 Å². The van der Waals surface area contributed by atoms with Crippen molar-refractivity contribution in [2.75, 3.05) is 0 Å². The third-order valence-electron chi connectivity index (χ3n) is 10.4. The largest absolute Gasteiger partial charge is 0.0622 e. The first kappa shape index (κ1) is 28.5. The number of rotatable bonds is 4. The van der Waals surface area contributed by atoms with E-state index < -0.39 is 0 Å². The summed E-state index contributed by atoms with van der Waals surface area (Å²) < 4.78 is 0. The van der Waals surface area contributed by atoms with E-state index in [1.165, 1.54) is 98.4 Å². The fraction of sp³-hybridized carbons (Fsp3) is 0. The standard InChI is InChI=1S/C50H32/c1-2-10-33(11-3-1)34-18-20-35(21-19-34)38-25-26-40-31-41(29-27-39(40)30-38)49-44-14-6-8-16-46(44)50(47-17-9-7-15-45(47)49)42-28-24-37-23-22-36-12-4-5-13-43(36)48(37)32-42/h1-32H. The summed E-state index contributed by atoms with van der Waals surface area (Å²) in [6.45, 7) is 0. The highest BCUT2D eigenvalue weighted by atomic mass is 14.2. The maximum Gasteiger partial charge on any atom is -0.00261 e. The van der Waals surface area contributed by atoms with Crippen LogP contribution in [-0.4, -0.2) is 0 Å².